The van der Waals surface area contributed by atoms with Gasteiger partial charge < -0.3 is 10.1 Å². The van der Waals surface area contributed by atoms with Gasteiger partial charge in [0.05, 0.1) is 16.1 Å². The second-order valence-electron chi connectivity index (χ2n) is 7.69. The number of anilines is 1. The Morgan fingerprint density at radius 3 is 2.30 bits per heavy atom. The summed E-state index contributed by atoms with van der Waals surface area (Å²) in [6.45, 7) is 0.421. The van der Waals surface area contributed by atoms with E-state index in [1.165, 1.54) is 16.4 Å². The number of nitrogens with one attached hydrogen (secondary N) is 1. The van der Waals surface area contributed by atoms with Crippen LogP contribution in [0.15, 0.2) is 83.8 Å². The zero-order valence-electron chi connectivity index (χ0n) is 17.8. The van der Waals surface area contributed by atoms with Crippen LogP contribution in [0, 0.1) is 17.2 Å². The smallest absolute Gasteiger partial charge is 0.244 e. The summed E-state index contributed by atoms with van der Waals surface area (Å²) >= 11 is 0. The molecule has 1 heterocycles. The molecule has 0 radical (unpaired) electrons. The topological polar surface area (TPSA) is 99.5 Å². The third-order valence-electron chi connectivity index (χ3n) is 5.57. The van der Waals surface area contributed by atoms with Gasteiger partial charge in [0.25, 0.3) is 0 Å². The van der Waals surface area contributed by atoms with Gasteiger partial charge in [0.1, 0.15) is 11.8 Å². The molecule has 4 rings (SSSR count). The van der Waals surface area contributed by atoms with Gasteiger partial charge in [-0.25, -0.2) is 8.42 Å². The van der Waals surface area contributed by atoms with Crippen molar-refractivity contribution in [2.45, 2.75) is 17.7 Å². The standard InChI is InChI=1S/C25H23N3O4S/c26-18-20-8-4-7-13-24(20)33(30,31)28-16-14-19(15-17-28)25(29)27-22-11-5-6-12-23(22)32-21-9-2-1-3-10-21/h1-13,19H,14-17H2,(H,27,29). The molecular weight excluding hydrogens is 438 g/mol. The van der Waals surface area contributed by atoms with Crippen molar-refractivity contribution in [1.29, 1.82) is 5.26 Å². The van der Waals surface area contributed by atoms with Crippen molar-refractivity contribution in [1.82, 2.24) is 4.31 Å². The van der Waals surface area contributed by atoms with Crippen LogP contribution in [-0.2, 0) is 14.8 Å². The van der Waals surface area contributed by atoms with E-state index >= 15 is 0 Å². The highest BCUT2D eigenvalue weighted by atomic mass is 32.2. The Balaban J connectivity index is 1.41. The van der Waals surface area contributed by atoms with Gasteiger partial charge in [-0.2, -0.15) is 9.57 Å². The van der Waals surface area contributed by atoms with E-state index in [0.29, 0.717) is 30.0 Å². The molecule has 8 heteroatoms. The minimum absolute atomic E-state index is 0.00221. The van der Waals surface area contributed by atoms with Gasteiger partial charge in [0.2, 0.25) is 15.9 Å². The maximum absolute atomic E-state index is 13.0. The summed E-state index contributed by atoms with van der Waals surface area (Å²) in [5.41, 5.74) is 0.678. The number of benzene rings is 3. The molecule has 0 saturated carbocycles. The number of nitrogens with zero attached hydrogens (tertiary/aromatic N) is 2. The first-order valence-corrected chi connectivity index (χ1v) is 12.0. The predicted octanol–water partition coefficient (Wildman–Crippen LogP) is 4.39. The monoisotopic (exact) mass is 461 g/mol. The molecule has 1 amide bonds. The van der Waals surface area contributed by atoms with Crippen molar-refractivity contribution < 1.29 is 17.9 Å². The average molecular weight is 462 g/mol. The average Bonchev–Trinajstić information content (AvgIpc) is 2.86. The van der Waals surface area contributed by atoms with E-state index in [0.717, 1.165) is 0 Å². The number of ether oxygens (including phenoxy) is 1. The fourth-order valence-corrected chi connectivity index (χ4v) is 5.40. The van der Waals surface area contributed by atoms with Crippen LogP contribution in [0.5, 0.6) is 11.5 Å². The molecule has 1 aliphatic rings. The van der Waals surface area contributed by atoms with Crippen molar-refractivity contribution in [3.63, 3.8) is 0 Å². The van der Waals surface area contributed by atoms with E-state index in [4.69, 9.17) is 4.74 Å². The molecule has 3 aromatic rings. The molecule has 0 bridgehead atoms. The van der Waals surface area contributed by atoms with Crippen molar-refractivity contribution in [2.75, 3.05) is 18.4 Å². The van der Waals surface area contributed by atoms with Gasteiger partial charge in [-0.3, -0.25) is 4.79 Å². The van der Waals surface area contributed by atoms with Crippen LogP contribution in [0.2, 0.25) is 0 Å². The number of carbonyl (C=O) groups excluding carboxylic acids is 1. The van der Waals surface area contributed by atoms with Gasteiger partial charge >= 0.3 is 0 Å². The largest absolute Gasteiger partial charge is 0.455 e. The van der Waals surface area contributed by atoms with Crippen LogP contribution in [0.25, 0.3) is 0 Å². The molecule has 0 aliphatic carbocycles. The molecule has 0 atom stereocenters. The first kappa shape index (κ1) is 22.5. The number of hydrogen-bond acceptors (Lipinski definition) is 5. The Labute approximate surface area is 193 Å². The van der Waals surface area contributed by atoms with Crippen LogP contribution in [0.4, 0.5) is 5.69 Å². The minimum Gasteiger partial charge on any atom is -0.455 e. The van der Waals surface area contributed by atoms with Gasteiger partial charge in [0, 0.05) is 19.0 Å². The lowest BCUT2D eigenvalue weighted by Gasteiger charge is -2.30. The van der Waals surface area contributed by atoms with Crippen LogP contribution < -0.4 is 10.1 Å². The molecule has 1 fully saturated rings. The summed E-state index contributed by atoms with van der Waals surface area (Å²) in [5, 5.41) is 12.2. The second kappa shape index (κ2) is 9.86. The third-order valence-corrected chi connectivity index (χ3v) is 7.52. The Morgan fingerprint density at radius 1 is 0.939 bits per heavy atom. The summed E-state index contributed by atoms with van der Waals surface area (Å²) in [5.74, 6) is 0.696. The molecule has 3 aromatic carbocycles. The Bertz CT molecular complexity index is 1280. The van der Waals surface area contributed by atoms with Gasteiger partial charge in [-0.1, -0.05) is 42.5 Å². The first-order chi connectivity index (χ1) is 16.0. The van der Waals surface area contributed by atoms with Crippen molar-refractivity contribution in [2.24, 2.45) is 5.92 Å². The number of amides is 1. The van der Waals surface area contributed by atoms with Crippen molar-refractivity contribution >= 4 is 21.6 Å². The quantitative estimate of drug-likeness (QED) is 0.587. The molecule has 0 spiro atoms. The van der Waals surface area contributed by atoms with Crippen LogP contribution in [0.3, 0.4) is 0 Å². The number of para-hydroxylation sites is 3. The van der Waals surface area contributed by atoms with E-state index in [-0.39, 0.29) is 35.4 Å². The molecular formula is C25H23N3O4S. The van der Waals surface area contributed by atoms with E-state index in [9.17, 15) is 18.5 Å². The maximum Gasteiger partial charge on any atom is 0.244 e. The summed E-state index contributed by atoms with van der Waals surface area (Å²) in [4.78, 5) is 12.9. The van der Waals surface area contributed by atoms with Crippen molar-refractivity contribution in [3.8, 4) is 17.6 Å². The molecule has 1 saturated heterocycles. The lowest BCUT2D eigenvalue weighted by Crippen LogP contribution is -2.41. The van der Waals surface area contributed by atoms with Gasteiger partial charge in [-0.05, 0) is 49.2 Å². The summed E-state index contributed by atoms with van der Waals surface area (Å²) in [6.07, 6.45) is 0.781. The SMILES string of the molecule is N#Cc1ccccc1S(=O)(=O)N1CCC(C(=O)Nc2ccccc2Oc2ccccc2)CC1. The highest BCUT2D eigenvalue weighted by Crippen LogP contribution is 2.31. The van der Waals surface area contributed by atoms with Crippen LogP contribution in [0.1, 0.15) is 18.4 Å². The molecule has 1 aliphatic heterocycles. The fraction of sp³-hybridized carbons (Fsp3) is 0.200. The number of piperidine rings is 1. The Hall–Kier alpha value is -3.67. The normalized spacial score (nSPS) is 14.9. The minimum atomic E-state index is -3.79. The molecule has 33 heavy (non-hydrogen) atoms. The number of nitriles is 1. The van der Waals surface area contributed by atoms with Gasteiger partial charge in [-0.15, -0.1) is 0 Å². The summed E-state index contributed by atoms with van der Waals surface area (Å²) in [6, 6.07) is 24.6. The first-order valence-electron chi connectivity index (χ1n) is 10.6. The number of hydrogen-bond donors (Lipinski definition) is 1. The number of rotatable bonds is 6. The molecule has 168 valence electrons. The van der Waals surface area contributed by atoms with Gasteiger partial charge in [0.15, 0.2) is 5.75 Å². The Kier molecular flexibility index (Phi) is 6.73. The summed E-state index contributed by atoms with van der Waals surface area (Å²) < 4.78 is 33.3. The summed E-state index contributed by atoms with van der Waals surface area (Å²) in [7, 11) is -3.79. The highest BCUT2D eigenvalue weighted by Gasteiger charge is 2.33. The van der Waals surface area contributed by atoms with Crippen LogP contribution >= 0.6 is 0 Å². The number of carbonyl (C=O) groups is 1. The molecule has 0 unspecified atom stereocenters. The van der Waals surface area contributed by atoms with E-state index < -0.39 is 10.0 Å². The highest BCUT2D eigenvalue weighted by molar-refractivity contribution is 7.89. The van der Waals surface area contributed by atoms with E-state index in [1.807, 2.05) is 48.5 Å². The van der Waals surface area contributed by atoms with E-state index in [2.05, 4.69) is 5.32 Å². The fourth-order valence-electron chi connectivity index (χ4n) is 3.79. The maximum atomic E-state index is 13.0. The van der Waals surface area contributed by atoms with Crippen LogP contribution in [-0.4, -0.2) is 31.7 Å². The second-order valence-corrected chi connectivity index (χ2v) is 9.59. The zero-order valence-corrected chi connectivity index (χ0v) is 18.7. The predicted molar refractivity (Wildman–Crippen MR) is 124 cm³/mol. The molecule has 0 aromatic heterocycles. The molecule has 7 nitrogen and oxygen atoms in total. The molecule has 1 N–H and O–H groups in total. The lowest BCUT2D eigenvalue weighted by atomic mass is 9.97. The zero-order chi connectivity index (χ0) is 23.3. The third kappa shape index (κ3) is 5.06. The van der Waals surface area contributed by atoms with E-state index in [1.54, 1.807) is 24.3 Å². The Morgan fingerprint density at radius 2 is 1.58 bits per heavy atom. The lowest BCUT2D eigenvalue weighted by molar-refractivity contribution is -0.120. The van der Waals surface area contributed by atoms with Crippen molar-refractivity contribution in [3.05, 3.63) is 84.4 Å². The number of sulfonamides is 1.